The summed E-state index contributed by atoms with van der Waals surface area (Å²) >= 11 is 0. The predicted octanol–water partition coefficient (Wildman–Crippen LogP) is 9.39. The van der Waals surface area contributed by atoms with Crippen LogP contribution in [0.2, 0.25) is 0 Å². The first kappa shape index (κ1) is 24.1. The normalized spacial score (nSPS) is 11.3. The molecule has 196 valence electrons. The molecule has 0 fully saturated rings. The van der Waals surface area contributed by atoms with Crippen LogP contribution in [0, 0.1) is 0 Å². The molecule has 0 spiro atoms. The van der Waals surface area contributed by atoms with Crippen molar-refractivity contribution in [3.8, 4) is 45.3 Å². The fraction of sp³-hybridized carbons (Fsp3) is 0. The molecule has 4 nitrogen and oxygen atoms in total. The van der Waals surface area contributed by atoms with E-state index in [0.717, 1.165) is 38.7 Å². The summed E-state index contributed by atoms with van der Waals surface area (Å²) < 4.78 is 0. The molecule has 0 atom stereocenters. The van der Waals surface area contributed by atoms with E-state index in [1.807, 2.05) is 30.5 Å². The van der Waals surface area contributed by atoms with Crippen molar-refractivity contribution in [1.82, 2.24) is 19.9 Å². The Labute approximate surface area is 243 Å². The monoisotopic (exact) mass is 536 g/mol. The lowest BCUT2D eigenvalue weighted by Gasteiger charge is -2.11. The number of hydrogen-bond donors (Lipinski definition) is 0. The average molecular weight is 537 g/mol. The Bertz CT molecular complexity index is 2250. The lowest BCUT2D eigenvalue weighted by atomic mass is 9.99. The summed E-state index contributed by atoms with van der Waals surface area (Å²) in [5, 5.41) is 5.81. The van der Waals surface area contributed by atoms with Crippen LogP contribution in [-0.2, 0) is 0 Å². The number of rotatable bonds is 4. The van der Waals surface area contributed by atoms with E-state index in [1.165, 1.54) is 21.5 Å². The van der Waals surface area contributed by atoms with Gasteiger partial charge in [0.1, 0.15) is 0 Å². The van der Waals surface area contributed by atoms with Gasteiger partial charge in [-0.3, -0.25) is 4.98 Å². The van der Waals surface area contributed by atoms with Gasteiger partial charge in [-0.05, 0) is 56.9 Å². The average Bonchev–Trinajstić information content (AvgIpc) is 3.08. The number of hydrogen-bond acceptors (Lipinski definition) is 4. The number of nitrogens with zero attached hydrogens (tertiary/aromatic N) is 4. The topological polar surface area (TPSA) is 51.6 Å². The maximum Gasteiger partial charge on any atom is 0.166 e. The first-order chi connectivity index (χ1) is 20.8. The van der Waals surface area contributed by atoms with Crippen LogP contribution < -0.4 is 0 Å². The fourth-order valence-corrected chi connectivity index (χ4v) is 5.65. The first-order valence-corrected chi connectivity index (χ1v) is 14.0. The van der Waals surface area contributed by atoms with Gasteiger partial charge in [0.25, 0.3) is 0 Å². The Morgan fingerprint density at radius 1 is 0.357 bits per heavy atom. The van der Waals surface area contributed by atoms with Crippen molar-refractivity contribution in [2.75, 3.05) is 0 Å². The molecule has 2 aromatic heterocycles. The molecule has 0 aliphatic heterocycles. The summed E-state index contributed by atoms with van der Waals surface area (Å²) in [6.45, 7) is 0. The molecule has 0 unspecified atom stereocenters. The number of aromatic nitrogens is 4. The number of pyridine rings is 1. The summed E-state index contributed by atoms with van der Waals surface area (Å²) in [6.07, 6.45) is 1.81. The van der Waals surface area contributed by atoms with Gasteiger partial charge in [-0.2, -0.15) is 0 Å². The Morgan fingerprint density at radius 2 is 0.976 bits per heavy atom. The van der Waals surface area contributed by atoms with Gasteiger partial charge in [0, 0.05) is 28.3 Å². The van der Waals surface area contributed by atoms with Gasteiger partial charge >= 0.3 is 0 Å². The highest BCUT2D eigenvalue weighted by Crippen LogP contribution is 2.33. The smallest absolute Gasteiger partial charge is 0.166 e. The molecule has 0 saturated carbocycles. The van der Waals surface area contributed by atoms with E-state index < -0.39 is 0 Å². The van der Waals surface area contributed by atoms with Gasteiger partial charge in [0.05, 0.1) is 5.52 Å². The highest BCUT2D eigenvalue weighted by Gasteiger charge is 2.16. The van der Waals surface area contributed by atoms with Gasteiger partial charge in [-0.25, -0.2) is 15.0 Å². The SMILES string of the molecule is c1ccc(-c2cccc(-c3nc(-c4ccc5ccc6ccccc6c5c4)nc(-c4cccc5cccnc45)n3)c2)cc1. The second-order valence-corrected chi connectivity index (χ2v) is 10.4. The van der Waals surface area contributed by atoms with Crippen molar-refractivity contribution in [2.24, 2.45) is 0 Å². The highest BCUT2D eigenvalue weighted by atomic mass is 15.0. The summed E-state index contributed by atoms with van der Waals surface area (Å²) in [4.78, 5) is 19.8. The summed E-state index contributed by atoms with van der Waals surface area (Å²) in [6, 6.07) is 48.1. The molecule has 0 saturated heterocycles. The van der Waals surface area contributed by atoms with Crippen LogP contribution >= 0.6 is 0 Å². The van der Waals surface area contributed by atoms with Gasteiger partial charge in [-0.1, -0.05) is 115 Å². The van der Waals surface area contributed by atoms with Crippen molar-refractivity contribution in [3.05, 3.63) is 146 Å². The molecule has 6 aromatic carbocycles. The Morgan fingerprint density at radius 3 is 1.86 bits per heavy atom. The van der Waals surface area contributed by atoms with E-state index in [9.17, 15) is 0 Å². The van der Waals surface area contributed by atoms with E-state index in [0.29, 0.717) is 17.5 Å². The van der Waals surface area contributed by atoms with E-state index >= 15 is 0 Å². The quantitative estimate of drug-likeness (QED) is 0.210. The van der Waals surface area contributed by atoms with Crippen LogP contribution in [0.4, 0.5) is 0 Å². The van der Waals surface area contributed by atoms with Crippen LogP contribution in [0.15, 0.2) is 146 Å². The third-order valence-electron chi connectivity index (χ3n) is 7.74. The number of para-hydroxylation sites is 1. The molecule has 4 heteroatoms. The molecule has 0 N–H and O–H groups in total. The first-order valence-electron chi connectivity index (χ1n) is 14.0. The Kier molecular flexibility index (Phi) is 5.75. The molecule has 0 amide bonds. The third-order valence-corrected chi connectivity index (χ3v) is 7.74. The van der Waals surface area contributed by atoms with E-state index in [2.05, 4.69) is 115 Å². The zero-order valence-corrected chi connectivity index (χ0v) is 22.6. The molecular formula is C38H24N4. The van der Waals surface area contributed by atoms with Crippen LogP contribution in [0.1, 0.15) is 0 Å². The largest absolute Gasteiger partial charge is 0.255 e. The molecule has 0 bridgehead atoms. The lowest BCUT2D eigenvalue weighted by molar-refractivity contribution is 1.08. The number of fused-ring (bicyclic) bond motifs is 4. The fourth-order valence-electron chi connectivity index (χ4n) is 5.65. The lowest BCUT2D eigenvalue weighted by Crippen LogP contribution is -2.01. The molecule has 8 aromatic rings. The van der Waals surface area contributed by atoms with Gasteiger partial charge in [0.15, 0.2) is 17.5 Å². The molecular weight excluding hydrogens is 512 g/mol. The molecule has 8 rings (SSSR count). The van der Waals surface area contributed by atoms with Crippen LogP contribution in [-0.4, -0.2) is 19.9 Å². The zero-order chi connectivity index (χ0) is 27.9. The molecule has 0 radical (unpaired) electrons. The van der Waals surface area contributed by atoms with Crippen molar-refractivity contribution in [1.29, 1.82) is 0 Å². The summed E-state index contributed by atoms with van der Waals surface area (Å²) in [5.74, 6) is 1.85. The second kappa shape index (κ2) is 10.0. The van der Waals surface area contributed by atoms with Crippen molar-refractivity contribution < 1.29 is 0 Å². The van der Waals surface area contributed by atoms with Gasteiger partial charge in [0.2, 0.25) is 0 Å². The summed E-state index contributed by atoms with van der Waals surface area (Å²) in [5.41, 5.74) is 5.88. The molecule has 2 heterocycles. The minimum absolute atomic E-state index is 0.599. The molecule has 0 aliphatic rings. The van der Waals surface area contributed by atoms with E-state index in [-0.39, 0.29) is 0 Å². The number of benzene rings is 6. The Hall–Kier alpha value is -5.74. The van der Waals surface area contributed by atoms with Gasteiger partial charge in [-0.15, -0.1) is 0 Å². The summed E-state index contributed by atoms with van der Waals surface area (Å²) in [7, 11) is 0. The zero-order valence-electron chi connectivity index (χ0n) is 22.6. The van der Waals surface area contributed by atoms with Crippen molar-refractivity contribution in [3.63, 3.8) is 0 Å². The predicted molar refractivity (Wildman–Crippen MR) is 172 cm³/mol. The molecule has 0 aliphatic carbocycles. The van der Waals surface area contributed by atoms with E-state index in [1.54, 1.807) is 0 Å². The van der Waals surface area contributed by atoms with Crippen molar-refractivity contribution >= 4 is 32.4 Å². The standard InChI is InChI=1S/C38H24N4/c1-2-9-25(10-3-1)29-13-6-14-30(23-29)36-40-37(42-38(41-36)33-17-7-12-28-15-8-22-39-35(28)33)31-21-20-27-19-18-26-11-4-5-16-32(26)34(27)24-31/h1-24H. The van der Waals surface area contributed by atoms with Gasteiger partial charge < -0.3 is 0 Å². The third kappa shape index (κ3) is 4.27. The molecule has 42 heavy (non-hydrogen) atoms. The maximum atomic E-state index is 5.06. The van der Waals surface area contributed by atoms with Crippen molar-refractivity contribution in [2.45, 2.75) is 0 Å². The van der Waals surface area contributed by atoms with E-state index in [4.69, 9.17) is 19.9 Å². The Balaban J connectivity index is 1.36. The minimum Gasteiger partial charge on any atom is -0.255 e. The minimum atomic E-state index is 0.599. The van der Waals surface area contributed by atoms with Crippen LogP contribution in [0.5, 0.6) is 0 Å². The maximum absolute atomic E-state index is 5.06. The van der Waals surface area contributed by atoms with Crippen LogP contribution in [0.25, 0.3) is 77.7 Å². The van der Waals surface area contributed by atoms with Crippen LogP contribution in [0.3, 0.4) is 0 Å². The highest BCUT2D eigenvalue weighted by molar-refractivity contribution is 6.08. The second-order valence-electron chi connectivity index (χ2n) is 10.4.